The zero-order valence-corrected chi connectivity index (χ0v) is 18.8. The van der Waals surface area contributed by atoms with Crippen LogP contribution in [0.5, 0.6) is 5.75 Å². The highest BCUT2D eigenvalue weighted by molar-refractivity contribution is 5.96. The van der Waals surface area contributed by atoms with E-state index < -0.39 is 24.7 Å². The molecule has 9 heteroatoms. The third-order valence-electron chi connectivity index (χ3n) is 5.91. The van der Waals surface area contributed by atoms with Crippen LogP contribution >= 0.6 is 0 Å². The van der Waals surface area contributed by atoms with Crippen molar-refractivity contribution in [2.24, 2.45) is 11.8 Å². The molecule has 0 bridgehead atoms. The van der Waals surface area contributed by atoms with Crippen LogP contribution in [0.15, 0.2) is 48.6 Å². The molecule has 0 saturated carbocycles. The van der Waals surface area contributed by atoms with Gasteiger partial charge in [0.2, 0.25) is 0 Å². The van der Waals surface area contributed by atoms with Crippen molar-refractivity contribution in [3.8, 4) is 5.75 Å². The van der Waals surface area contributed by atoms with Crippen molar-refractivity contribution in [3.63, 3.8) is 0 Å². The number of benzene rings is 1. The summed E-state index contributed by atoms with van der Waals surface area (Å²) in [6.07, 6.45) is 7.16. The van der Waals surface area contributed by atoms with Crippen LogP contribution < -0.4 is 5.32 Å². The fourth-order valence-electron chi connectivity index (χ4n) is 4.02. The number of aromatic hydroxyl groups is 1. The van der Waals surface area contributed by atoms with Gasteiger partial charge in [0.1, 0.15) is 12.4 Å². The third-order valence-corrected chi connectivity index (χ3v) is 5.91. The number of allylic oxidation sites excluding steroid dienone is 4. The van der Waals surface area contributed by atoms with Crippen LogP contribution in [0.25, 0.3) is 5.57 Å². The number of hydrogen-bond acceptors (Lipinski definition) is 7. The molecule has 1 aliphatic heterocycles. The molecule has 2 aliphatic rings. The molecule has 34 heavy (non-hydrogen) atoms. The monoisotopic (exact) mass is 465 g/mol. The van der Waals surface area contributed by atoms with Crippen LogP contribution in [-0.4, -0.2) is 58.1 Å². The first kappa shape index (κ1) is 23.6. The van der Waals surface area contributed by atoms with E-state index in [0.717, 1.165) is 6.42 Å². The van der Waals surface area contributed by atoms with Crippen LogP contribution in [0.3, 0.4) is 0 Å². The Hall–Kier alpha value is -3.56. The molecular weight excluding hydrogens is 438 g/mol. The number of carbonyl (C=O) groups excluding carboxylic acids is 1. The number of rotatable bonds is 7. The zero-order chi connectivity index (χ0) is 24.1. The summed E-state index contributed by atoms with van der Waals surface area (Å²) >= 11 is 0. The van der Waals surface area contributed by atoms with Gasteiger partial charge in [-0.15, -0.1) is 0 Å². The number of carboxylic acid groups (broad SMARTS) is 1. The highest BCUT2D eigenvalue weighted by atomic mass is 16.7. The topological polar surface area (TPSA) is 131 Å². The average molecular weight is 466 g/mol. The smallest absolute Gasteiger partial charge is 0.322 e. The van der Waals surface area contributed by atoms with E-state index in [-0.39, 0.29) is 35.3 Å². The lowest BCUT2D eigenvalue weighted by Crippen LogP contribution is -2.37. The lowest BCUT2D eigenvalue weighted by Gasteiger charge is -2.33. The SMILES string of the molecule is Cc1nc(C[C@H]2OC[C@H](C3C=CC(c4ccccc4)=CC3)CO2)nc(C(=O)NCC(=O)O)c1O. The van der Waals surface area contributed by atoms with E-state index in [0.29, 0.717) is 19.1 Å². The molecular formula is C25H27N3O6. The zero-order valence-electron chi connectivity index (χ0n) is 18.8. The van der Waals surface area contributed by atoms with Crippen LogP contribution in [0.1, 0.15) is 34.0 Å². The Bertz CT molecular complexity index is 1110. The second kappa shape index (κ2) is 10.6. The average Bonchev–Trinajstić information content (AvgIpc) is 2.86. The quantitative estimate of drug-likeness (QED) is 0.569. The summed E-state index contributed by atoms with van der Waals surface area (Å²) in [5, 5.41) is 21.1. The van der Waals surface area contributed by atoms with E-state index in [9.17, 15) is 14.7 Å². The molecule has 1 aliphatic carbocycles. The first-order chi connectivity index (χ1) is 16.4. The molecule has 1 atom stereocenters. The van der Waals surface area contributed by atoms with E-state index in [1.807, 2.05) is 18.2 Å². The molecule has 0 spiro atoms. The van der Waals surface area contributed by atoms with Gasteiger partial charge in [-0.1, -0.05) is 48.6 Å². The summed E-state index contributed by atoms with van der Waals surface area (Å²) in [5.41, 5.74) is 2.36. The number of amides is 1. The van der Waals surface area contributed by atoms with Crippen molar-refractivity contribution < 1.29 is 29.3 Å². The molecule has 4 rings (SSSR count). The van der Waals surface area contributed by atoms with Gasteiger partial charge in [-0.25, -0.2) is 9.97 Å². The number of hydrogen-bond donors (Lipinski definition) is 3. The summed E-state index contributed by atoms with van der Waals surface area (Å²) in [4.78, 5) is 31.2. The molecule has 1 unspecified atom stereocenters. The highest BCUT2D eigenvalue weighted by Crippen LogP contribution is 2.31. The molecule has 1 fully saturated rings. The Balaban J connectivity index is 1.32. The minimum Gasteiger partial charge on any atom is -0.504 e. The maximum atomic E-state index is 12.2. The number of aliphatic carboxylic acids is 1. The number of nitrogens with zero attached hydrogens (tertiary/aromatic N) is 2. The van der Waals surface area contributed by atoms with Crippen LogP contribution in [0.2, 0.25) is 0 Å². The van der Waals surface area contributed by atoms with Crippen molar-refractivity contribution in [3.05, 3.63) is 71.3 Å². The summed E-state index contributed by atoms with van der Waals surface area (Å²) in [6.45, 7) is 2.01. The van der Waals surface area contributed by atoms with Gasteiger partial charge in [0.05, 0.1) is 25.3 Å². The van der Waals surface area contributed by atoms with Gasteiger partial charge in [-0.05, 0) is 30.4 Å². The van der Waals surface area contributed by atoms with E-state index in [1.165, 1.54) is 11.1 Å². The molecule has 2 aromatic rings. The van der Waals surface area contributed by atoms with E-state index in [4.69, 9.17) is 14.6 Å². The molecule has 178 valence electrons. The van der Waals surface area contributed by atoms with Crippen molar-refractivity contribution in [2.75, 3.05) is 19.8 Å². The molecule has 1 aromatic heterocycles. The lowest BCUT2D eigenvalue weighted by molar-refractivity contribution is -0.205. The fourth-order valence-corrected chi connectivity index (χ4v) is 4.02. The van der Waals surface area contributed by atoms with Crippen molar-refractivity contribution >= 4 is 17.4 Å². The molecule has 1 aromatic carbocycles. The lowest BCUT2D eigenvalue weighted by atomic mass is 9.84. The van der Waals surface area contributed by atoms with Gasteiger partial charge in [0.15, 0.2) is 17.7 Å². The summed E-state index contributed by atoms with van der Waals surface area (Å²) < 4.78 is 11.8. The predicted molar refractivity (Wildman–Crippen MR) is 123 cm³/mol. The van der Waals surface area contributed by atoms with E-state index in [1.54, 1.807) is 6.92 Å². The normalized spacial score (nSPS) is 22.1. The molecule has 3 N–H and O–H groups in total. The van der Waals surface area contributed by atoms with Gasteiger partial charge >= 0.3 is 5.97 Å². The van der Waals surface area contributed by atoms with Gasteiger partial charge in [0.25, 0.3) is 5.91 Å². The standard InChI is InChI=1S/C25H27N3O6/c1-15-24(31)23(25(32)26-12-21(29)30)28-20(27-15)11-22-33-13-19(14-34-22)18-9-7-17(8-10-18)16-5-3-2-4-6-16/h2-9,18-19,22,31H,10-14H2,1H3,(H,26,32)(H,29,30)/t18?,19-,22-. The first-order valence-corrected chi connectivity index (χ1v) is 11.1. The van der Waals surface area contributed by atoms with Gasteiger partial charge in [-0.2, -0.15) is 0 Å². The Kier molecular flexibility index (Phi) is 7.34. The second-order valence-corrected chi connectivity index (χ2v) is 8.34. The first-order valence-electron chi connectivity index (χ1n) is 11.1. The minimum absolute atomic E-state index is 0.200. The summed E-state index contributed by atoms with van der Waals surface area (Å²) in [5.74, 6) is -1.55. The number of ether oxygens (including phenoxy) is 2. The van der Waals surface area contributed by atoms with Crippen LogP contribution in [0.4, 0.5) is 0 Å². The fraction of sp³-hybridized carbons (Fsp3) is 0.360. The maximum Gasteiger partial charge on any atom is 0.322 e. The minimum atomic E-state index is -1.20. The van der Waals surface area contributed by atoms with Crippen LogP contribution in [-0.2, 0) is 20.7 Å². The largest absolute Gasteiger partial charge is 0.504 e. The van der Waals surface area contributed by atoms with Crippen molar-refractivity contribution in [2.45, 2.75) is 26.1 Å². The van der Waals surface area contributed by atoms with Crippen molar-refractivity contribution in [1.29, 1.82) is 0 Å². The number of aromatic nitrogens is 2. The highest BCUT2D eigenvalue weighted by Gasteiger charge is 2.29. The van der Waals surface area contributed by atoms with Gasteiger partial charge < -0.3 is 25.0 Å². The maximum absolute atomic E-state index is 12.2. The number of aryl methyl sites for hydroxylation is 1. The molecule has 2 heterocycles. The molecule has 9 nitrogen and oxygen atoms in total. The Morgan fingerprint density at radius 3 is 2.53 bits per heavy atom. The summed E-state index contributed by atoms with van der Waals surface area (Å²) in [6, 6.07) is 10.3. The Morgan fingerprint density at radius 1 is 1.15 bits per heavy atom. The third kappa shape index (κ3) is 5.67. The van der Waals surface area contributed by atoms with Crippen molar-refractivity contribution in [1.82, 2.24) is 15.3 Å². The molecule has 0 radical (unpaired) electrons. The Labute approximate surface area is 197 Å². The summed E-state index contributed by atoms with van der Waals surface area (Å²) in [7, 11) is 0. The number of carbonyl (C=O) groups is 2. The van der Waals surface area contributed by atoms with Gasteiger partial charge in [0, 0.05) is 5.92 Å². The Morgan fingerprint density at radius 2 is 1.88 bits per heavy atom. The van der Waals surface area contributed by atoms with E-state index in [2.05, 4.69) is 45.6 Å². The van der Waals surface area contributed by atoms with E-state index >= 15 is 0 Å². The van der Waals surface area contributed by atoms with Gasteiger partial charge in [-0.3, -0.25) is 9.59 Å². The molecule has 1 saturated heterocycles. The second-order valence-electron chi connectivity index (χ2n) is 8.34. The van der Waals surface area contributed by atoms with Crippen LogP contribution in [0, 0.1) is 18.8 Å². The number of nitrogens with one attached hydrogen (secondary N) is 1. The molecule has 1 amide bonds. The number of carboxylic acids is 1. The predicted octanol–water partition coefficient (Wildman–Crippen LogP) is 2.50.